The normalized spacial score (nSPS) is 25.4. The Kier molecular flexibility index (Phi) is 5.91. The zero-order valence-electron chi connectivity index (χ0n) is 17.1. The van der Waals surface area contributed by atoms with Crippen LogP contribution in [0.1, 0.15) is 25.3 Å². The number of amides is 2. The second-order valence-corrected chi connectivity index (χ2v) is 9.14. The van der Waals surface area contributed by atoms with Crippen molar-refractivity contribution in [2.45, 2.75) is 37.2 Å². The molecular weight excluding hydrogens is 439 g/mol. The fraction of sp³-hybridized carbons (Fsp3) is 0.348. The quantitative estimate of drug-likeness (QED) is 0.689. The van der Waals surface area contributed by atoms with Gasteiger partial charge in [-0.05, 0) is 36.4 Å². The Morgan fingerprint density at radius 3 is 2.75 bits per heavy atom. The fourth-order valence-electron chi connectivity index (χ4n) is 4.42. The summed E-state index contributed by atoms with van der Waals surface area (Å²) in [5.74, 6) is 0.406. The third kappa shape index (κ3) is 3.95. The standard InChI is InChI=1S/C23H20F3N3O2S/c1-2-32-19-10-13(12-27)6-7-16(19)21-20-17(8-9-18(20)30)29(22(31)28-21)15-5-3-4-14(11-15)23(24,25)26/h3-7,10-11,16,19,21H,2,8-9H2,1H3,(H,28,31). The van der Waals surface area contributed by atoms with Crippen LogP contribution in [0.2, 0.25) is 0 Å². The predicted molar refractivity (Wildman–Crippen MR) is 116 cm³/mol. The number of nitrogens with one attached hydrogen (secondary N) is 1. The average molecular weight is 459 g/mol. The van der Waals surface area contributed by atoms with Gasteiger partial charge >= 0.3 is 12.2 Å². The van der Waals surface area contributed by atoms with Crippen LogP contribution in [0.25, 0.3) is 0 Å². The highest BCUT2D eigenvalue weighted by Gasteiger charge is 2.45. The Morgan fingerprint density at radius 2 is 2.06 bits per heavy atom. The lowest BCUT2D eigenvalue weighted by molar-refractivity contribution is -0.137. The molecule has 1 heterocycles. The number of urea groups is 1. The zero-order chi connectivity index (χ0) is 23.0. The minimum absolute atomic E-state index is 0.0725. The van der Waals surface area contributed by atoms with E-state index in [0.717, 1.165) is 17.9 Å². The number of allylic oxidation sites excluding steroid dienone is 3. The van der Waals surface area contributed by atoms with Gasteiger partial charge in [0.1, 0.15) is 0 Å². The van der Waals surface area contributed by atoms with Crippen molar-refractivity contribution >= 4 is 29.3 Å². The van der Waals surface area contributed by atoms with Gasteiger partial charge < -0.3 is 5.32 Å². The largest absolute Gasteiger partial charge is 0.416 e. The van der Waals surface area contributed by atoms with Gasteiger partial charge in [-0.15, -0.1) is 0 Å². The van der Waals surface area contributed by atoms with E-state index in [4.69, 9.17) is 0 Å². The number of benzene rings is 1. The van der Waals surface area contributed by atoms with Crippen LogP contribution < -0.4 is 10.2 Å². The van der Waals surface area contributed by atoms with E-state index in [0.29, 0.717) is 16.8 Å². The second kappa shape index (κ2) is 8.51. The molecule has 1 N–H and O–H groups in total. The summed E-state index contributed by atoms with van der Waals surface area (Å²) in [6.07, 6.45) is 1.30. The number of Topliss-reactive ketones (excluding diaryl/α,β-unsaturated/α-hetero) is 1. The number of carbonyl (C=O) groups is 2. The van der Waals surface area contributed by atoms with Crippen LogP contribution >= 0.6 is 11.8 Å². The first-order chi connectivity index (χ1) is 15.2. The van der Waals surface area contributed by atoms with E-state index in [1.165, 1.54) is 17.0 Å². The maximum absolute atomic E-state index is 13.2. The van der Waals surface area contributed by atoms with E-state index in [2.05, 4.69) is 11.4 Å². The molecule has 0 fully saturated rings. The number of nitriles is 1. The Bertz CT molecular complexity index is 1100. The summed E-state index contributed by atoms with van der Waals surface area (Å²) in [5, 5.41) is 12.0. The molecule has 0 bridgehead atoms. The average Bonchev–Trinajstić information content (AvgIpc) is 3.14. The summed E-state index contributed by atoms with van der Waals surface area (Å²) in [4.78, 5) is 27.2. The molecule has 2 aliphatic carbocycles. The third-order valence-corrected chi connectivity index (χ3v) is 6.96. The molecule has 0 radical (unpaired) electrons. The van der Waals surface area contributed by atoms with E-state index in [9.17, 15) is 28.0 Å². The predicted octanol–water partition coefficient (Wildman–Crippen LogP) is 4.98. The van der Waals surface area contributed by atoms with Crippen molar-refractivity contribution in [1.82, 2.24) is 5.32 Å². The Balaban J connectivity index is 1.76. The first kappa shape index (κ1) is 22.2. The van der Waals surface area contributed by atoms with E-state index >= 15 is 0 Å². The number of ketones is 1. The van der Waals surface area contributed by atoms with Gasteiger partial charge in [-0.3, -0.25) is 9.69 Å². The van der Waals surface area contributed by atoms with Crippen LogP contribution in [0, 0.1) is 17.2 Å². The van der Waals surface area contributed by atoms with Gasteiger partial charge in [0.25, 0.3) is 0 Å². The zero-order valence-corrected chi connectivity index (χ0v) is 18.0. The van der Waals surface area contributed by atoms with Crippen molar-refractivity contribution < 1.29 is 22.8 Å². The Morgan fingerprint density at radius 1 is 1.28 bits per heavy atom. The van der Waals surface area contributed by atoms with Gasteiger partial charge in [-0.2, -0.15) is 30.2 Å². The molecule has 32 heavy (non-hydrogen) atoms. The maximum Gasteiger partial charge on any atom is 0.416 e. The van der Waals surface area contributed by atoms with Gasteiger partial charge in [-0.1, -0.05) is 25.1 Å². The number of carbonyl (C=O) groups excluding carboxylic acids is 2. The summed E-state index contributed by atoms with van der Waals surface area (Å²) in [5.41, 5.74) is 0.620. The topological polar surface area (TPSA) is 73.2 Å². The summed E-state index contributed by atoms with van der Waals surface area (Å²) in [6, 6.07) is 5.50. The molecule has 1 aromatic carbocycles. The van der Waals surface area contributed by atoms with E-state index < -0.39 is 23.8 Å². The smallest absolute Gasteiger partial charge is 0.330 e. The first-order valence-corrected chi connectivity index (χ1v) is 11.2. The highest BCUT2D eigenvalue weighted by atomic mass is 32.2. The molecule has 3 atom stereocenters. The summed E-state index contributed by atoms with van der Waals surface area (Å²) >= 11 is 1.61. The lowest BCUT2D eigenvalue weighted by Gasteiger charge is -2.39. The number of hydrogen-bond acceptors (Lipinski definition) is 4. The van der Waals surface area contributed by atoms with Crippen molar-refractivity contribution in [2.75, 3.05) is 10.7 Å². The molecule has 0 spiro atoms. The second-order valence-electron chi connectivity index (χ2n) is 7.68. The number of hydrogen-bond donors (Lipinski definition) is 1. The van der Waals surface area contributed by atoms with Crippen molar-refractivity contribution in [1.29, 1.82) is 5.26 Å². The van der Waals surface area contributed by atoms with Crippen LogP contribution in [0.15, 0.2) is 59.3 Å². The van der Waals surface area contributed by atoms with E-state index in [1.807, 2.05) is 19.1 Å². The number of rotatable bonds is 4. The van der Waals surface area contributed by atoms with Gasteiger partial charge in [-0.25, -0.2) is 4.79 Å². The molecule has 1 aliphatic heterocycles. The highest BCUT2D eigenvalue weighted by molar-refractivity contribution is 8.00. The van der Waals surface area contributed by atoms with Crippen LogP contribution in [0.3, 0.4) is 0 Å². The molecule has 5 nitrogen and oxygen atoms in total. The highest BCUT2D eigenvalue weighted by Crippen LogP contribution is 2.42. The van der Waals surface area contributed by atoms with E-state index in [-0.39, 0.29) is 35.5 Å². The van der Waals surface area contributed by atoms with Gasteiger partial charge in [0.2, 0.25) is 0 Å². The molecule has 1 aromatic rings. The lowest BCUT2D eigenvalue weighted by atomic mass is 9.84. The minimum Gasteiger partial charge on any atom is -0.330 e. The molecule has 0 saturated heterocycles. The van der Waals surface area contributed by atoms with Gasteiger partial charge in [0.05, 0.1) is 23.4 Å². The molecular formula is C23H20F3N3O2S. The maximum atomic E-state index is 13.2. The first-order valence-electron chi connectivity index (χ1n) is 10.2. The number of nitrogens with zero attached hydrogens (tertiary/aromatic N) is 2. The SMILES string of the molecule is CCSC1C=C(C#N)C=CC1C1NC(=O)N(c2cccc(C(F)(F)F)c2)C2=C1C(=O)CC2. The van der Waals surface area contributed by atoms with E-state index in [1.54, 1.807) is 17.8 Å². The number of anilines is 1. The fourth-order valence-corrected chi connectivity index (χ4v) is 5.52. The summed E-state index contributed by atoms with van der Waals surface area (Å²) in [7, 11) is 0. The van der Waals surface area contributed by atoms with Gasteiger partial charge in [0, 0.05) is 34.4 Å². The monoisotopic (exact) mass is 459 g/mol. The lowest BCUT2D eigenvalue weighted by Crippen LogP contribution is -2.55. The molecule has 4 rings (SSSR count). The number of halogens is 3. The molecule has 3 unspecified atom stereocenters. The molecule has 0 saturated carbocycles. The van der Waals surface area contributed by atoms with Crippen LogP contribution in [-0.2, 0) is 11.0 Å². The van der Waals surface area contributed by atoms with Crippen molar-refractivity contribution in [3.8, 4) is 6.07 Å². The van der Waals surface area contributed by atoms with Crippen molar-refractivity contribution in [3.05, 3.63) is 64.9 Å². The van der Waals surface area contributed by atoms with Crippen LogP contribution in [-0.4, -0.2) is 28.9 Å². The third-order valence-electron chi connectivity index (χ3n) is 5.79. The Hall–Kier alpha value is -2.99. The van der Waals surface area contributed by atoms with Crippen LogP contribution in [0.4, 0.5) is 23.7 Å². The van der Waals surface area contributed by atoms with Crippen LogP contribution in [0.5, 0.6) is 0 Å². The summed E-state index contributed by atoms with van der Waals surface area (Å²) < 4.78 is 39.7. The Labute approximate surface area is 187 Å². The number of alkyl halides is 3. The molecule has 3 aliphatic rings. The molecule has 0 aromatic heterocycles. The van der Waals surface area contributed by atoms with Crippen molar-refractivity contribution in [2.24, 2.45) is 5.92 Å². The van der Waals surface area contributed by atoms with Gasteiger partial charge in [0.15, 0.2) is 5.78 Å². The minimum atomic E-state index is -4.55. The molecule has 9 heteroatoms. The molecule has 2 amide bonds. The van der Waals surface area contributed by atoms with Crippen molar-refractivity contribution in [3.63, 3.8) is 0 Å². The number of thioether (sulfide) groups is 1. The molecule has 166 valence electrons. The summed E-state index contributed by atoms with van der Waals surface area (Å²) in [6.45, 7) is 1.99.